The fraction of sp³-hybridized carbons (Fsp3) is 0.450. The van der Waals surface area contributed by atoms with Crippen molar-refractivity contribution in [2.24, 2.45) is 11.3 Å². The van der Waals surface area contributed by atoms with Crippen molar-refractivity contribution in [1.29, 1.82) is 0 Å². The Balaban J connectivity index is 2.42. The maximum atomic E-state index is 4.20. The topological polar surface area (TPSA) is 0 Å². The van der Waals surface area contributed by atoms with Gasteiger partial charge in [0.2, 0.25) is 0 Å². The van der Waals surface area contributed by atoms with Crippen LogP contribution in [0.1, 0.15) is 27.2 Å². The first-order valence-electron chi connectivity index (χ1n) is 8.58. The van der Waals surface area contributed by atoms with Gasteiger partial charge in [-0.1, -0.05) is 0 Å². The Morgan fingerprint density at radius 1 is 1.17 bits per heavy atom. The van der Waals surface area contributed by atoms with Gasteiger partial charge in [-0.2, -0.15) is 0 Å². The number of hydrogen-bond acceptors (Lipinski definition) is 0. The maximum absolute atomic E-state index is 4.20. The summed E-state index contributed by atoms with van der Waals surface area (Å²) in [4.78, 5) is 0. The summed E-state index contributed by atoms with van der Waals surface area (Å²) in [5.41, 5.74) is 5.06. The molecule has 0 saturated carbocycles. The molecule has 0 radical (unpaired) electrons. The summed E-state index contributed by atoms with van der Waals surface area (Å²) >= 11 is 6.17. The molecular formula is C20H25Br2HfSi. The molecule has 0 saturated heterocycles. The average molecular weight is 632 g/mol. The Bertz CT molecular complexity index is 746. The molecule has 4 heteroatoms. The van der Waals surface area contributed by atoms with Gasteiger partial charge in [0.15, 0.2) is 0 Å². The molecule has 127 valence electrons. The second-order valence-corrected chi connectivity index (χ2v) is 36.5. The molecule has 0 aliphatic heterocycles. The predicted molar refractivity (Wildman–Crippen MR) is 113 cm³/mol. The van der Waals surface area contributed by atoms with E-state index in [2.05, 4.69) is 101 Å². The van der Waals surface area contributed by atoms with Crippen LogP contribution in [0.2, 0.25) is 16.3 Å². The second-order valence-electron chi connectivity index (χ2n) is 7.69. The van der Waals surface area contributed by atoms with Gasteiger partial charge >= 0.3 is 169 Å². The predicted octanol–water partition coefficient (Wildman–Crippen LogP) is 6.88. The van der Waals surface area contributed by atoms with Gasteiger partial charge in [0, 0.05) is 0 Å². The van der Waals surface area contributed by atoms with Crippen LogP contribution in [0.5, 0.6) is 0 Å². The van der Waals surface area contributed by atoms with Crippen molar-refractivity contribution in [2.75, 3.05) is 0 Å². The third-order valence-corrected chi connectivity index (χ3v) is 23.8. The molecule has 3 rings (SSSR count). The van der Waals surface area contributed by atoms with E-state index in [1.165, 1.54) is 0 Å². The van der Waals surface area contributed by atoms with E-state index in [0.29, 0.717) is 5.92 Å². The van der Waals surface area contributed by atoms with Gasteiger partial charge < -0.3 is 0 Å². The standard InChI is InChI=1S/C20H25Si.2BrH.Hf/c1-14-10-6-9-13-16-17(14)19(21(4)5)20(2,3)18(16)15-11-7-8-12-15;;;/h6-11,13-14H,12H2,1-5H3;2*1H;/q;;;+2/p-2. The van der Waals surface area contributed by atoms with E-state index >= 15 is 0 Å². The van der Waals surface area contributed by atoms with E-state index in [1.54, 1.807) is 21.9 Å². The summed E-state index contributed by atoms with van der Waals surface area (Å²) in [5, 5.41) is 1.76. The molecule has 0 aromatic heterocycles. The van der Waals surface area contributed by atoms with Gasteiger partial charge in [0.1, 0.15) is 0 Å². The normalized spacial score (nSPS) is 30.5. The van der Waals surface area contributed by atoms with Crippen molar-refractivity contribution in [1.82, 2.24) is 0 Å². The van der Waals surface area contributed by atoms with E-state index in [4.69, 9.17) is 0 Å². The van der Waals surface area contributed by atoms with Crippen LogP contribution < -0.4 is 0 Å². The molecule has 0 bridgehead atoms. The van der Waals surface area contributed by atoms with Crippen LogP contribution in [0.15, 0.2) is 59.3 Å². The molecule has 3 aliphatic carbocycles. The molecule has 0 fully saturated rings. The fourth-order valence-corrected chi connectivity index (χ4v) is 28.8. The Labute approximate surface area is 167 Å². The van der Waals surface area contributed by atoms with Gasteiger partial charge in [-0.3, -0.25) is 0 Å². The zero-order chi connectivity index (χ0) is 17.7. The van der Waals surface area contributed by atoms with Crippen molar-refractivity contribution in [3.63, 3.8) is 0 Å². The van der Waals surface area contributed by atoms with Gasteiger partial charge in [-0.25, -0.2) is 0 Å². The molecule has 0 spiro atoms. The van der Waals surface area contributed by atoms with Crippen LogP contribution in [-0.4, -0.2) is 13.6 Å². The van der Waals surface area contributed by atoms with E-state index < -0.39 is 25.2 Å². The number of hydrogen-bond donors (Lipinski definition) is 0. The number of rotatable bonds is 2. The van der Waals surface area contributed by atoms with Crippen LogP contribution >= 0.6 is 24.6 Å². The molecular weight excluding hydrogens is 607 g/mol. The molecule has 0 nitrogen and oxygen atoms in total. The summed E-state index contributed by atoms with van der Waals surface area (Å²) < 4.78 is 0.171. The average Bonchev–Trinajstić information content (AvgIpc) is 3.01. The van der Waals surface area contributed by atoms with Gasteiger partial charge in [0.25, 0.3) is 0 Å². The van der Waals surface area contributed by atoms with Crippen LogP contribution in [-0.2, 0) is 16.8 Å². The molecule has 3 aliphatic rings. The summed E-state index contributed by atoms with van der Waals surface area (Å²) in [5.74, 6) is 0.506. The Hall–Kier alpha value is 0.617. The second kappa shape index (κ2) is 6.98. The fourth-order valence-electron chi connectivity index (χ4n) is 5.02. The van der Waals surface area contributed by atoms with Gasteiger partial charge in [-0.15, -0.1) is 0 Å². The number of halogens is 2. The monoisotopic (exact) mass is 631 g/mol. The number of allylic oxidation sites excluding steroid dienone is 10. The van der Waals surface area contributed by atoms with Gasteiger partial charge in [0.05, 0.1) is 0 Å². The van der Waals surface area contributed by atoms with Crippen LogP contribution in [0.3, 0.4) is 0 Å². The summed E-state index contributed by atoms with van der Waals surface area (Å²) in [6.45, 7) is 12.4. The Morgan fingerprint density at radius 2 is 1.88 bits per heavy atom. The Kier molecular flexibility index (Phi) is 5.63. The molecule has 2 unspecified atom stereocenters. The Morgan fingerprint density at radius 3 is 2.42 bits per heavy atom. The molecule has 0 N–H and O–H groups in total. The van der Waals surface area contributed by atoms with Crippen molar-refractivity contribution in [3.8, 4) is 0 Å². The summed E-state index contributed by atoms with van der Waals surface area (Å²) in [7, 11) is -0.532. The van der Waals surface area contributed by atoms with Crippen LogP contribution in [0, 0.1) is 11.3 Å². The molecule has 0 aromatic carbocycles. The summed E-state index contributed by atoms with van der Waals surface area (Å²) in [6.07, 6.45) is 17.4. The van der Waals surface area contributed by atoms with Crippen molar-refractivity contribution >= 4 is 38.2 Å². The zero-order valence-corrected chi connectivity index (χ0v) is 22.8. The van der Waals surface area contributed by atoms with E-state index in [1.807, 2.05) is 0 Å². The first kappa shape index (κ1) is 19.4. The van der Waals surface area contributed by atoms with E-state index in [0.717, 1.165) is 6.42 Å². The van der Waals surface area contributed by atoms with Gasteiger partial charge in [-0.05, 0) is 0 Å². The SMILES string of the molecule is CC1C=CC=CC2=C1C(=[Si](C)C)C(C)(C)[C]2(C1=CC=CC1)[Hf]([Br])[Br]. The third kappa shape index (κ3) is 2.61. The van der Waals surface area contributed by atoms with Crippen molar-refractivity contribution in [2.45, 2.75) is 43.5 Å². The molecule has 24 heavy (non-hydrogen) atoms. The molecule has 0 heterocycles. The first-order chi connectivity index (χ1) is 11.3. The minimum atomic E-state index is -2.23. The first-order valence-corrected chi connectivity index (χ1v) is 28.6. The molecule has 0 amide bonds. The van der Waals surface area contributed by atoms with Crippen molar-refractivity contribution in [3.05, 3.63) is 59.3 Å². The van der Waals surface area contributed by atoms with Crippen LogP contribution in [0.4, 0.5) is 0 Å². The van der Waals surface area contributed by atoms with E-state index in [-0.39, 0.29) is 8.59 Å². The third-order valence-electron chi connectivity index (χ3n) is 5.79. The molecule has 2 atom stereocenters. The zero-order valence-electron chi connectivity index (χ0n) is 15.1. The van der Waals surface area contributed by atoms with Crippen molar-refractivity contribution < 1.29 is 16.8 Å². The quantitative estimate of drug-likeness (QED) is 0.292. The van der Waals surface area contributed by atoms with Crippen LogP contribution in [0.25, 0.3) is 0 Å². The van der Waals surface area contributed by atoms with E-state index in [9.17, 15) is 0 Å². The minimum absolute atomic E-state index is 0.171. The summed E-state index contributed by atoms with van der Waals surface area (Å²) in [6, 6.07) is 0. The molecule has 0 aromatic rings.